The molecule has 0 saturated carbocycles. The molecule has 3 rings (SSSR count). The predicted octanol–water partition coefficient (Wildman–Crippen LogP) is 3.63. The van der Waals surface area contributed by atoms with Gasteiger partial charge in [0.05, 0.1) is 10.7 Å². The molecule has 5 nitrogen and oxygen atoms in total. The van der Waals surface area contributed by atoms with Crippen LogP contribution in [-0.4, -0.2) is 20.5 Å². The van der Waals surface area contributed by atoms with Gasteiger partial charge in [-0.05, 0) is 12.1 Å². The van der Waals surface area contributed by atoms with Crippen molar-refractivity contribution in [3.05, 3.63) is 46.1 Å². The largest absolute Gasteiger partial charge is 0.445 e. The van der Waals surface area contributed by atoms with Crippen LogP contribution in [0.3, 0.4) is 0 Å². The lowest BCUT2D eigenvalue weighted by molar-refractivity contribution is -0.138. The average molecular weight is 373 g/mol. The molecule has 24 heavy (non-hydrogen) atoms. The fourth-order valence-electron chi connectivity index (χ4n) is 2.04. The number of carbonyl (C=O) groups is 1. The zero-order valence-electron chi connectivity index (χ0n) is 11.7. The lowest BCUT2D eigenvalue weighted by Crippen LogP contribution is -2.06. The molecular weight excluding hydrogens is 365 g/mol. The Labute approximate surface area is 142 Å². The van der Waals surface area contributed by atoms with Gasteiger partial charge in [-0.3, -0.25) is 4.79 Å². The van der Waals surface area contributed by atoms with E-state index in [-0.39, 0.29) is 10.7 Å². The van der Waals surface area contributed by atoms with E-state index in [9.17, 15) is 18.0 Å². The Morgan fingerprint density at radius 1 is 1.33 bits per heavy atom. The number of nitrogens with two attached hydrogens (primary N) is 1. The van der Waals surface area contributed by atoms with Crippen LogP contribution >= 0.6 is 22.9 Å². The number of aromatic nitrogens is 3. The van der Waals surface area contributed by atoms with Crippen molar-refractivity contribution < 1.29 is 18.0 Å². The summed E-state index contributed by atoms with van der Waals surface area (Å²) in [6, 6.07) is 6.72. The van der Waals surface area contributed by atoms with Gasteiger partial charge in [0, 0.05) is 11.6 Å². The van der Waals surface area contributed by atoms with E-state index < -0.39 is 17.1 Å². The molecule has 0 aliphatic carbocycles. The quantitative estimate of drug-likeness (QED) is 0.713. The Balaban J connectivity index is 2.26. The molecule has 3 aromatic rings. The van der Waals surface area contributed by atoms with Crippen LogP contribution in [0.4, 0.5) is 13.2 Å². The van der Waals surface area contributed by atoms with Crippen molar-refractivity contribution in [1.82, 2.24) is 14.6 Å². The van der Waals surface area contributed by atoms with Crippen LogP contribution in [0.25, 0.3) is 22.3 Å². The molecule has 2 aromatic heterocycles. The van der Waals surface area contributed by atoms with Gasteiger partial charge in [-0.25, -0.2) is 9.50 Å². The summed E-state index contributed by atoms with van der Waals surface area (Å²) < 4.78 is 39.5. The molecule has 0 unspecified atom stereocenters. The molecule has 124 valence electrons. The maximum Gasteiger partial charge on any atom is 0.445 e. The van der Waals surface area contributed by atoms with Crippen molar-refractivity contribution in [3.63, 3.8) is 0 Å². The van der Waals surface area contributed by atoms with Crippen LogP contribution in [0, 0.1) is 0 Å². The summed E-state index contributed by atoms with van der Waals surface area (Å²) in [5, 5.41) is 2.87. The average Bonchev–Trinajstić information content (AvgIpc) is 3.03. The first-order valence-corrected chi connectivity index (χ1v) is 7.66. The van der Waals surface area contributed by atoms with Crippen molar-refractivity contribution in [2.24, 2.45) is 5.73 Å². The molecule has 0 fully saturated rings. The van der Waals surface area contributed by atoms with E-state index in [0.717, 1.165) is 10.6 Å². The number of fused-ring (bicyclic) bond motifs is 1. The summed E-state index contributed by atoms with van der Waals surface area (Å²) in [4.78, 5) is 15.2. The summed E-state index contributed by atoms with van der Waals surface area (Å²) >= 11 is 6.53. The SMILES string of the molecule is NC(=O)/C=C/c1c(-c2ccccc2Cl)nc2sc(C(F)(F)F)nn12. The number of carbonyl (C=O) groups excluding carboxylic acids is 1. The van der Waals surface area contributed by atoms with E-state index in [4.69, 9.17) is 17.3 Å². The second-order valence-electron chi connectivity index (χ2n) is 4.66. The molecule has 0 aliphatic heterocycles. The van der Waals surface area contributed by atoms with Gasteiger partial charge in [-0.1, -0.05) is 41.1 Å². The number of rotatable bonds is 3. The van der Waals surface area contributed by atoms with Gasteiger partial charge in [-0.15, -0.1) is 5.10 Å². The number of benzene rings is 1. The third-order valence-electron chi connectivity index (χ3n) is 3.02. The molecule has 0 saturated heterocycles. The van der Waals surface area contributed by atoms with E-state index in [1.807, 2.05) is 0 Å². The van der Waals surface area contributed by atoms with Crippen LogP contribution in [-0.2, 0) is 11.0 Å². The summed E-state index contributed by atoms with van der Waals surface area (Å²) in [5.41, 5.74) is 6.07. The third kappa shape index (κ3) is 3.00. The number of amides is 1. The van der Waals surface area contributed by atoms with Gasteiger partial charge in [0.2, 0.25) is 15.9 Å². The number of imidazole rings is 1. The third-order valence-corrected chi connectivity index (χ3v) is 4.30. The van der Waals surface area contributed by atoms with E-state index in [1.165, 1.54) is 6.08 Å². The van der Waals surface area contributed by atoms with Gasteiger partial charge in [0.25, 0.3) is 0 Å². The second kappa shape index (κ2) is 5.91. The molecule has 0 radical (unpaired) electrons. The van der Waals surface area contributed by atoms with Crippen LogP contribution in [0.2, 0.25) is 5.02 Å². The molecule has 1 amide bonds. The first-order chi connectivity index (χ1) is 11.3. The fourth-order valence-corrected chi connectivity index (χ4v) is 3.04. The highest BCUT2D eigenvalue weighted by Crippen LogP contribution is 2.36. The minimum absolute atomic E-state index is 0.0290. The molecule has 10 heteroatoms. The first-order valence-electron chi connectivity index (χ1n) is 6.46. The van der Waals surface area contributed by atoms with Crippen LogP contribution in [0.1, 0.15) is 10.7 Å². The predicted molar refractivity (Wildman–Crippen MR) is 84.5 cm³/mol. The van der Waals surface area contributed by atoms with Crippen LogP contribution in [0.5, 0.6) is 0 Å². The van der Waals surface area contributed by atoms with Crippen molar-refractivity contribution in [2.45, 2.75) is 6.18 Å². The zero-order chi connectivity index (χ0) is 17.5. The number of hydrogen-bond acceptors (Lipinski definition) is 4. The van der Waals surface area contributed by atoms with Crippen molar-refractivity contribution in [2.75, 3.05) is 0 Å². The van der Waals surface area contributed by atoms with E-state index >= 15 is 0 Å². The molecule has 2 N–H and O–H groups in total. The second-order valence-corrected chi connectivity index (χ2v) is 6.02. The van der Waals surface area contributed by atoms with Gasteiger partial charge < -0.3 is 5.73 Å². The Morgan fingerprint density at radius 3 is 2.67 bits per heavy atom. The Morgan fingerprint density at radius 2 is 2.04 bits per heavy atom. The molecule has 0 bridgehead atoms. The summed E-state index contributed by atoms with van der Waals surface area (Å²) in [5.74, 6) is -0.749. The Hall–Kier alpha value is -2.39. The van der Waals surface area contributed by atoms with Crippen molar-refractivity contribution >= 4 is 39.9 Å². The van der Waals surface area contributed by atoms with Crippen LogP contribution < -0.4 is 5.73 Å². The number of nitrogens with zero attached hydrogens (tertiary/aromatic N) is 3. The van der Waals surface area contributed by atoms with Gasteiger partial charge in [-0.2, -0.15) is 13.2 Å². The highest BCUT2D eigenvalue weighted by atomic mass is 35.5. The summed E-state index contributed by atoms with van der Waals surface area (Å²) in [6.45, 7) is 0. The highest BCUT2D eigenvalue weighted by Gasteiger charge is 2.36. The standard InChI is InChI=1S/C14H8ClF3N4OS/c15-8-4-2-1-3-7(8)11-9(5-6-10(19)23)22-13(20-11)24-12(21-22)14(16,17)18/h1-6H,(H2,19,23)/b6-5+. The molecule has 0 spiro atoms. The number of halogens is 4. The number of alkyl halides is 3. The molecular formula is C14H8ClF3N4OS. The fraction of sp³-hybridized carbons (Fsp3) is 0.0714. The number of hydrogen-bond donors (Lipinski definition) is 1. The Kier molecular flexibility index (Phi) is 4.06. The lowest BCUT2D eigenvalue weighted by atomic mass is 10.1. The van der Waals surface area contributed by atoms with Crippen molar-refractivity contribution in [1.29, 1.82) is 0 Å². The maximum atomic E-state index is 12.8. The smallest absolute Gasteiger partial charge is 0.366 e. The van der Waals surface area contributed by atoms with Crippen molar-refractivity contribution in [3.8, 4) is 11.3 Å². The van der Waals surface area contributed by atoms with Gasteiger partial charge in [0.1, 0.15) is 5.69 Å². The molecule has 1 aromatic carbocycles. The van der Waals surface area contributed by atoms with Crippen LogP contribution in [0.15, 0.2) is 30.3 Å². The first kappa shape index (κ1) is 16.5. The summed E-state index contributed by atoms with van der Waals surface area (Å²) in [6.07, 6.45) is -2.29. The topological polar surface area (TPSA) is 73.3 Å². The minimum Gasteiger partial charge on any atom is -0.366 e. The van der Waals surface area contributed by atoms with Gasteiger partial charge >= 0.3 is 6.18 Å². The maximum absolute atomic E-state index is 12.8. The monoisotopic (exact) mass is 372 g/mol. The van der Waals surface area contributed by atoms with Gasteiger partial charge in [0.15, 0.2) is 0 Å². The van der Waals surface area contributed by atoms with E-state index in [2.05, 4.69) is 10.1 Å². The normalized spacial score (nSPS) is 12.3. The summed E-state index contributed by atoms with van der Waals surface area (Å²) in [7, 11) is 0. The lowest BCUT2D eigenvalue weighted by Gasteiger charge is -2.03. The number of primary amides is 1. The minimum atomic E-state index is -4.58. The Bertz CT molecular complexity index is 961. The highest BCUT2D eigenvalue weighted by molar-refractivity contribution is 7.16. The molecule has 0 aliphatic rings. The van der Waals surface area contributed by atoms with E-state index in [0.29, 0.717) is 27.6 Å². The zero-order valence-corrected chi connectivity index (χ0v) is 13.3. The van der Waals surface area contributed by atoms with E-state index in [1.54, 1.807) is 24.3 Å². The molecule has 0 atom stereocenters. The molecule has 2 heterocycles.